The Balaban J connectivity index is 1.87. The molecule has 0 aliphatic carbocycles. The molecule has 0 unspecified atom stereocenters. The number of carbonyl (C=O) groups excluding carboxylic acids is 1. The molecule has 20 heavy (non-hydrogen) atoms. The van der Waals surface area contributed by atoms with Crippen LogP contribution in [-0.4, -0.2) is 41.6 Å². The fourth-order valence-corrected chi connectivity index (χ4v) is 3.68. The molecule has 2 aliphatic heterocycles. The molecule has 2 saturated heterocycles. The van der Waals surface area contributed by atoms with E-state index in [-0.39, 0.29) is 23.6 Å². The molecule has 2 heterocycles. The van der Waals surface area contributed by atoms with Crippen LogP contribution in [0.5, 0.6) is 5.75 Å². The van der Waals surface area contributed by atoms with Gasteiger partial charge in [0.2, 0.25) is 5.91 Å². The van der Waals surface area contributed by atoms with Gasteiger partial charge in [0.15, 0.2) is 0 Å². The predicted molar refractivity (Wildman–Crippen MR) is 78.2 cm³/mol. The van der Waals surface area contributed by atoms with Crippen molar-refractivity contribution in [2.24, 2.45) is 0 Å². The van der Waals surface area contributed by atoms with Crippen LogP contribution in [-0.2, 0) is 4.79 Å². The molecule has 1 aromatic rings. The number of hydrogen-bond donors (Lipinski definition) is 2. The number of phenols is 1. The van der Waals surface area contributed by atoms with Crippen LogP contribution in [0, 0.1) is 6.92 Å². The normalized spacial score (nSPS) is 26.5. The molecule has 0 spiro atoms. The van der Waals surface area contributed by atoms with Crippen LogP contribution in [0.2, 0.25) is 5.02 Å². The molecule has 1 amide bonds. The van der Waals surface area contributed by atoms with Crippen molar-refractivity contribution in [3.8, 4) is 5.75 Å². The van der Waals surface area contributed by atoms with Gasteiger partial charge in [-0.15, -0.1) is 0 Å². The Morgan fingerprint density at radius 1 is 1.45 bits per heavy atom. The largest absolute Gasteiger partial charge is 0.508 e. The SMILES string of the molecule is Cc1ccc(O)c([C@@H]2CCN3C(=O)CNC[C@@H]3C2)c1Cl. The molecule has 2 atom stereocenters. The van der Waals surface area contributed by atoms with Gasteiger partial charge in [0.25, 0.3) is 0 Å². The average Bonchev–Trinajstić information content (AvgIpc) is 2.44. The summed E-state index contributed by atoms with van der Waals surface area (Å²) in [6, 6.07) is 3.76. The number of nitrogens with zero attached hydrogens (tertiary/aromatic N) is 1. The van der Waals surface area contributed by atoms with Gasteiger partial charge < -0.3 is 15.3 Å². The quantitative estimate of drug-likeness (QED) is 0.833. The second kappa shape index (κ2) is 5.26. The Hall–Kier alpha value is -1.26. The minimum atomic E-state index is 0.180. The molecule has 5 heteroatoms. The fraction of sp³-hybridized carbons (Fsp3) is 0.533. The summed E-state index contributed by atoms with van der Waals surface area (Å²) in [6.45, 7) is 3.97. The zero-order valence-corrected chi connectivity index (χ0v) is 12.3. The van der Waals surface area contributed by atoms with Crippen molar-refractivity contribution in [2.75, 3.05) is 19.6 Å². The highest BCUT2D eigenvalue weighted by Gasteiger charge is 2.36. The van der Waals surface area contributed by atoms with Crippen molar-refractivity contribution in [1.29, 1.82) is 0 Å². The van der Waals surface area contributed by atoms with Crippen LogP contribution >= 0.6 is 11.6 Å². The summed E-state index contributed by atoms with van der Waals surface area (Å²) in [4.78, 5) is 13.8. The minimum Gasteiger partial charge on any atom is -0.508 e. The number of hydrogen-bond acceptors (Lipinski definition) is 3. The van der Waals surface area contributed by atoms with E-state index >= 15 is 0 Å². The molecule has 2 N–H and O–H groups in total. The van der Waals surface area contributed by atoms with Crippen molar-refractivity contribution in [2.45, 2.75) is 31.7 Å². The number of aryl methyl sites for hydroxylation is 1. The number of piperazine rings is 1. The first kappa shape index (κ1) is 13.7. The van der Waals surface area contributed by atoms with E-state index in [1.807, 2.05) is 17.9 Å². The van der Waals surface area contributed by atoms with Crippen molar-refractivity contribution in [3.05, 3.63) is 28.3 Å². The van der Waals surface area contributed by atoms with Gasteiger partial charge in [-0.05, 0) is 37.3 Å². The van der Waals surface area contributed by atoms with E-state index < -0.39 is 0 Å². The van der Waals surface area contributed by atoms with Gasteiger partial charge in [0.1, 0.15) is 5.75 Å². The molecule has 0 saturated carbocycles. The lowest BCUT2D eigenvalue weighted by atomic mass is 9.83. The van der Waals surface area contributed by atoms with Crippen molar-refractivity contribution >= 4 is 17.5 Å². The van der Waals surface area contributed by atoms with E-state index in [2.05, 4.69) is 5.32 Å². The number of fused-ring (bicyclic) bond motifs is 1. The third-order valence-corrected chi connectivity index (χ3v) is 4.95. The van der Waals surface area contributed by atoms with Gasteiger partial charge in [0, 0.05) is 24.7 Å². The number of halogens is 1. The molecule has 0 aromatic heterocycles. The van der Waals surface area contributed by atoms with Gasteiger partial charge in [-0.25, -0.2) is 0 Å². The highest BCUT2D eigenvalue weighted by atomic mass is 35.5. The number of aromatic hydroxyl groups is 1. The van der Waals surface area contributed by atoms with Crippen LogP contribution in [0.3, 0.4) is 0 Å². The Morgan fingerprint density at radius 2 is 2.25 bits per heavy atom. The van der Waals surface area contributed by atoms with Crippen molar-refractivity contribution in [1.82, 2.24) is 10.2 Å². The lowest BCUT2D eigenvalue weighted by Crippen LogP contribution is -2.57. The maximum atomic E-state index is 11.8. The number of piperidine rings is 1. The molecule has 3 rings (SSSR count). The number of benzene rings is 1. The van der Waals surface area contributed by atoms with Crippen LogP contribution < -0.4 is 5.32 Å². The van der Waals surface area contributed by atoms with E-state index in [1.54, 1.807) is 6.07 Å². The molecule has 4 nitrogen and oxygen atoms in total. The third-order valence-electron chi connectivity index (χ3n) is 4.45. The van der Waals surface area contributed by atoms with Crippen molar-refractivity contribution < 1.29 is 9.90 Å². The molecular weight excluding hydrogens is 276 g/mol. The highest BCUT2D eigenvalue weighted by Crippen LogP contribution is 2.41. The topological polar surface area (TPSA) is 52.6 Å². The zero-order chi connectivity index (χ0) is 14.3. The number of nitrogens with one attached hydrogen (secondary N) is 1. The molecule has 2 aliphatic rings. The smallest absolute Gasteiger partial charge is 0.236 e. The number of amides is 1. The molecule has 1 aromatic carbocycles. The lowest BCUT2D eigenvalue weighted by molar-refractivity contribution is -0.136. The average molecular weight is 295 g/mol. The van der Waals surface area contributed by atoms with Gasteiger partial charge >= 0.3 is 0 Å². The number of phenolic OH excluding ortho intramolecular Hbond substituents is 1. The first-order valence-corrected chi connectivity index (χ1v) is 7.44. The van der Waals surface area contributed by atoms with Crippen molar-refractivity contribution in [3.63, 3.8) is 0 Å². The van der Waals surface area contributed by atoms with Gasteiger partial charge in [-0.3, -0.25) is 4.79 Å². The molecule has 0 radical (unpaired) electrons. The van der Waals surface area contributed by atoms with Gasteiger partial charge in [-0.2, -0.15) is 0 Å². The number of carbonyl (C=O) groups is 1. The van der Waals surface area contributed by atoms with Crippen LogP contribution in [0.25, 0.3) is 0 Å². The summed E-state index contributed by atoms with van der Waals surface area (Å²) in [5.41, 5.74) is 1.84. The second-order valence-electron chi connectivity index (χ2n) is 5.72. The molecule has 0 bridgehead atoms. The number of rotatable bonds is 1. The standard InChI is InChI=1S/C15H19ClN2O2/c1-9-2-3-12(19)14(15(9)16)10-4-5-18-11(6-10)7-17-8-13(18)20/h2-3,10-11,17,19H,4-8H2,1H3/t10-,11+/m1/s1. The first-order chi connectivity index (χ1) is 9.58. The maximum Gasteiger partial charge on any atom is 0.236 e. The summed E-state index contributed by atoms with van der Waals surface area (Å²) < 4.78 is 0. The summed E-state index contributed by atoms with van der Waals surface area (Å²) in [6.07, 6.45) is 1.72. The van der Waals surface area contributed by atoms with E-state index in [9.17, 15) is 9.90 Å². The Bertz CT molecular complexity index is 547. The van der Waals surface area contributed by atoms with Crippen LogP contribution in [0.4, 0.5) is 0 Å². The Kier molecular flexibility index (Phi) is 3.61. The molecule has 2 fully saturated rings. The first-order valence-electron chi connectivity index (χ1n) is 7.06. The maximum absolute atomic E-state index is 11.8. The summed E-state index contributed by atoms with van der Waals surface area (Å²) >= 11 is 6.38. The Labute approximate surface area is 123 Å². The van der Waals surface area contributed by atoms with Crippen LogP contribution in [0.15, 0.2) is 12.1 Å². The van der Waals surface area contributed by atoms with E-state index in [0.717, 1.165) is 37.1 Å². The van der Waals surface area contributed by atoms with E-state index in [0.29, 0.717) is 11.6 Å². The van der Waals surface area contributed by atoms with E-state index in [1.165, 1.54) is 0 Å². The Morgan fingerprint density at radius 3 is 3.05 bits per heavy atom. The third kappa shape index (κ3) is 2.27. The van der Waals surface area contributed by atoms with Gasteiger partial charge in [-0.1, -0.05) is 17.7 Å². The van der Waals surface area contributed by atoms with Crippen LogP contribution in [0.1, 0.15) is 29.9 Å². The van der Waals surface area contributed by atoms with Gasteiger partial charge in [0.05, 0.1) is 11.6 Å². The fourth-order valence-electron chi connectivity index (χ4n) is 3.36. The zero-order valence-electron chi connectivity index (χ0n) is 11.5. The summed E-state index contributed by atoms with van der Waals surface area (Å²) in [5, 5.41) is 14.0. The summed E-state index contributed by atoms with van der Waals surface area (Å²) in [7, 11) is 0. The molecular formula is C15H19ClN2O2. The minimum absolute atomic E-state index is 0.180. The lowest BCUT2D eigenvalue weighted by Gasteiger charge is -2.43. The monoisotopic (exact) mass is 294 g/mol. The van der Waals surface area contributed by atoms with E-state index in [4.69, 9.17) is 11.6 Å². The predicted octanol–water partition coefficient (Wildman–Crippen LogP) is 2.03. The molecule has 108 valence electrons. The second-order valence-corrected chi connectivity index (χ2v) is 6.10. The summed E-state index contributed by atoms with van der Waals surface area (Å²) in [5.74, 6) is 0.671. The highest BCUT2D eigenvalue weighted by molar-refractivity contribution is 6.32.